The molecule has 0 aliphatic heterocycles. The van der Waals surface area contributed by atoms with Gasteiger partial charge in [-0.1, -0.05) is 58.4 Å². The SMILES string of the molecule is CC(OS(=O)(=O)c1ccc(Br)cc1)c1cccc2ccccc12. The van der Waals surface area contributed by atoms with Crippen LogP contribution in [0.3, 0.4) is 0 Å². The quantitative estimate of drug-likeness (QED) is 0.584. The van der Waals surface area contributed by atoms with Gasteiger partial charge in [0.2, 0.25) is 0 Å². The zero-order chi connectivity index (χ0) is 16.4. The number of fused-ring (bicyclic) bond motifs is 1. The van der Waals surface area contributed by atoms with E-state index in [4.69, 9.17) is 4.18 Å². The van der Waals surface area contributed by atoms with Crippen LogP contribution in [0.1, 0.15) is 18.6 Å². The lowest BCUT2D eigenvalue weighted by Crippen LogP contribution is -2.10. The molecule has 23 heavy (non-hydrogen) atoms. The summed E-state index contributed by atoms with van der Waals surface area (Å²) in [4.78, 5) is 0.146. The van der Waals surface area contributed by atoms with Gasteiger partial charge >= 0.3 is 0 Å². The topological polar surface area (TPSA) is 43.4 Å². The molecule has 0 radical (unpaired) electrons. The summed E-state index contributed by atoms with van der Waals surface area (Å²) in [6.07, 6.45) is -0.574. The maximum Gasteiger partial charge on any atom is 0.297 e. The molecule has 3 aromatic carbocycles. The first-order valence-corrected chi connectivity index (χ1v) is 9.34. The van der Waals surface area contributed by atoms with Crippen molar-refractivity contribution in [3.8, 4) is 0 Å². The van der Waals surface area contributed by atoms with Crippen molar-refractivity contribution in [2.24, 2.45) is 0 Å². The Bertz CT molecular complexity index is 929. The highest BCUT2D eigenvalue weighted by Gasteiger charge is 2.21. The van der Waals surface area contributed by atoms with E-state index in [1.165, 1.54) is 12.1 Å². The Labute approximate surface area is 144 Å². The van der Waals surface area contributed by atoms with Crippen molar-refractivity contribution in [1.29, 1.82) is 0 Å². The van der Waals surface area contributed by atoms with Crippen LogP contribution in [0.25, 0.3) is 10.8 Å². The van der Waals surface area contributed by atoms with Gasteiger partial charge in [-0.25, -0.2) is 0 Å². The Kier molecular flexibility index (Phi) is 4.53. The summed E-state index contributed by atoms with van der Waals surface area (Å²) in [6.45, 7) is 1.75. The van der Waals surface area contributed by atoms with Gasteiger partial charge in [-0.2, -0.15) is 8.42 Å². The third-order valence-electron chi connectivity index (χ3n) is 3.63. The van der Waals surface area contributed by atoms with Crippen LogP contribution in [0, 0.1) is 0 Å². The molecule has 0 amide bonds. The number of hydrogen-bond acceptors (Lipinski definition) is 3. The summed E-state index contributed by atoms with van der Waals surface area (Å²) in [7, 11) is -3.81. The molecule has 0 N–H and O–H groups in total. The molecule has 118 valence electrons. The van der Waals surface area contributed by atoms with Crippen molar-refractivity contribution in [2.45, 2.75) is 17.9 Å². The Morgan fingerprint density at radius 3 is 2.30 bits per heavy atom. The zero-order valence-corrected chi connectivity index (χ0v) is 14.8. The number of halogens is 1. The molecule has 0 spiro atoms. The van der Waals surface area contributed by atoms with Gasteiger partial charge in [0.05, 0.1) is 4.90 Å². The molecule has 3 aromatic rings. The minimum atomic E-state index is -3.81. The second-order valence-corrected chi connectivity index (χ2v) is 7.70. The fourth-order valence-electron chi connectivity index (χ4n) is 2.50. The Morgan fingerprint density at radius 1 is 0.913 bits per heavy atom. The molecular weight excluding hydrogens is 376 g/mol. The third-order valence-corrected chi connectivity index (χ3v) is 5.55. The lowest BCUT2D eigenvalue weighted by atomic mass is 10.0. The molecule has 0 saturated carbocycles. The van der Waals surface area contributed by atoms with Crippen LogP contribution in [-0.2, 0) is 14.3 Å². The normalized spacial score (nSPS) is 13.1. The molecule has 0 aliphatic carbocycles. The van der Waals surface area contributed by atoms with Gasteiger partial charge < -0.3 is 0 Å². The van der Waals surface area contributed by atoms with Gasteiger partial charge in [0.1, 0.15) is 6.10 Å². The molecule has 0 aromatic heterocycles. The minimum Gasteiger partial charge on any atom is -0.258 e. The highest BCUT2D eigenvalue weighted by Crippen LogP contribution is 2.29. The summed E-state index contributed by atoms with van der Waals surface area (Å²) >= 11 is 3.29. The molecule has 0 aliphatic rings. The average Bonchev–Trinajstić information content (AvgIpc) is 2.54. The zero-order valence-electron chi connectivity index (χ0n) is 12.4. The highest BCUT2D eigenvalue weighted by atomic mass is 79.9. The predicted octanol–water partition coefficient (Wildman–Crippen LogP) is 5.07. The van der Waals surface area contributed by atoms with E-state index in [0.717, 1.165) is 20.8 Å². The molecule has 0 heterocycles. The number of rotatable bonds is 4. The first-order chi connectivity index (χ1) is 11.0. The van der Waals surface area contributed by atoms with Crippen LogP contribution >= 0.6 is 15.9 Å². The average molecular weight is 391 g/mol. The number of benzene rings is 3. The van der Waals surface area contributed by atoms with Crippen LogP contribution in [0.5, 0.6) is 0 Å². The van der Waals surface area contributed by atoms with Crippen LogP contribution in [0.4, 0.5) is 0 Å². The van der Waals surface area contributed by atoms with Gasteiger partial charge in [-0.3, -0.25) is 4.18 Å². The van der Waals surface area contributed by atoms with E-state index in [1.54, 1.807) is 19.1 Å². The maximum absolute atomic E-state index is 12.4. The molecule has 1 unspecified atom stereocenters. The Morgan fingerprint density at radius 2 is 1.57 bits per heavy atom. The smallest absolute Gasteiger partial charge is 0.258 e. The van der Waals surface area contributed by atoms with E-state index in [-0.39, 0.29) is 4.90 Å². The van der Waals surface area contributed by atoms with E-state index < -0.39 is 16.2 Å². The first kappa shape index (κ1) is 16.2. The van der Waals surface area contributed by atoms with E-state index in [1.807, 2.05) is 42.5 Å². The lowest BCUT2D eigenvalue weighted by molar-refractivity contribution is 0.235. The molecule has 3 nitrogen and oxygen atoms in total. The minimum absolute atomic E-state index is 0.146. The Balaban J connectivity index is 1.94. The summed E-state index contributed by atoms with van der Waals surface area (Å²) in [5.41, 5.74) is 0.851. The summed E-state index contributed by atoms with van der Waals surface area (Å²) < 4.78 is 31.1. The maximum atomic E-state index is 12.4. The van der Waals surface area contributed by atoms with E-state index in [0.29, 0.717) is 0 Å². The van der Waals surface area contributed by atoms with Crippen molar-refractivity contribution in [2.75, 3.05) is 0 Å². The van der Waals surface area contributed by atoms with E-state index in [2.05, 4.69) is 15.9 Å². The van der Waals surface area contributed by atoms with Crippen molar-refractivity contribution < 1.29 is 12.6 Å². The van der Waals surface area contributed by atoms with Crippen LogP contribution < -0.4 is 0 Å². The largest absolute Gasteiger partial charge is 0.297 e. The second kappa shape index (κ2) is 6.43. The van der Waals surface area contributed by atoms with Crippen LogP contribution in [0.2, 0.25) is 0 Å². The van der Waals surface area contributed by atoms with Crippen molar-refractivity contribution in [3.05, 3.63) is 76.8 Å². The number of hydrogen-bond donors (Lipinski definition) is 0. The van der Waals surface area contributed by atoms with Gasteiger partial charge in [-0.05, 0) is 47.5 Å². The summed E-state index contributed by atoms with van der Waals surface area (Å²) in [5.74, 6) is 0. The van der Waals surface area contributed by atoms with Crippen LogP contribution in [-0.4, -0.2) is 8.42 Å². The van der Waals surface area contributed by atoms with Crippen LogP contribution in [0.15, 0.2) is 76.1 Å². The van der Waals surface area contributed by atoms with Crippen molar-refractivity contribution >= 4 is 36.8 Å². The third kappa shape index (κ3) is 3.47. The van der Waals surface area contributed by atoms with Gasteiger partial charge in [-0.15, -0.1) is 0 Å². The lowest BCUT2D eigenvalue weighted by Gasteiger charge is -2.15. The summed E-state index contributed by atoms with van der Waals surface area (Å²) in [6, 6.07) is 20.0. The van der Waals surface area contributed by atoms with Crippen molar-refractivity contribution in [3.63, 3.8) is 0 Å². The molecular formula is C18H15BrO3S. The van der Waals surface area contributed by atoms with E-state index >= 15 is 0 Å². The van der Waals surface area contributed by atoms with Gasteiger partial charge in [0.15, 0.2) is 0 Å². The predicted molar refractivity (Wildman–Crippen MR) is 94.8 cm³/mol. The standard InChI is InChI=1S/C18H15BrO3S/c1-13(17-8-4-6-14-5-2-3-7-18(14)17)22-23(20,21)16-11-9-15(19)10-12-16/h2-13H,1H3. The highest BCUT2D eigenvalue weighted by molar-refractivity contribution is 9.10. The van der Waals surface area contributed by atoms with E-state index in [9.17, 15) is 8.42 Å². The fraction of sp³-hybridized carbons (Fsp3) is 0.111. The summed E-state index contributed by atoms with van der Waals surface area (Å²) in [5, 5.41) is 2.05. The fourth-order valence-corrected chi connectivity index (χ4v) is 3.83. The second-order valence-electron chi connectivity index (χ2n) is 5.21. The molecule has 0 fully saturated rings. The van der Waals surface area contributed by atoms with Gasteiger partial charge in [0, 0.05) is 4.47 Å². The Hall–Kier alpha value is -1.69. The molecule has 3 rings (SSSR count). The molecule has 0 saturated heterocycles. The monoisotopic (exact) mass is 390 g/mol. The molecule has 1 atom stereocenters. The first-order valence-electron chi connectivity index (χ1n) is 7.14. The molecule has 0 bridgehead atoms. The van der Waals surface area contributed by atoms with Crippen molar-refractivity contribution in [1.82, 2.24) is 0 Å². The van der Waals surface area contributed by atoms with Gasteiger partial charge in [0.25, 0.3) is 10.1 Å². The molecule has 5 heteroatoms.